The fourth-order valence-corrected chi connectivity index (χ4v) is 4.31. The molecule has 2 amide bonds. The quantitative estimate of drug-likeness (QED) is 0.811. The second-order valence-electron chi connectivity index (χ2n) is 7.46. The van der Waals surface area contributed by atoms with Crippen molar-refractivity contribution in [3.8, 4) is 5.75 Å². The summed E-state index contributed by atoms with van der Waals surface area (Å²) in [5, 5.41) is 3.52. The van der Waals surface area contributed by atoms with Gasteiger partial charge in [-0.15, -0.1) is 0 Å². The normalized spacial score (nSPS) is 18.9. The second kappa shape index (κ2) is 8.65. The Kier molecular flexibility index (Phi) is 5.79. The second-order valence-corrected chi connectivity index (χ2v) is 7.46. The van der Waals surface area contributed by atoms with Gasteiger partial charge in [0.25, 0.3) is 5.91 Å². The van der Waals surface area contributed by atoms with Crippen LogP contribution in [0.25, 0.3) is 0 Å². The smallest absolute Gasteiger partial charge is 0.409 e. The predicted molar refractivity (Wildman–Crippen MR) is 114 cm³/mol. The van der Waals surface area contributed by atoms with Crippen molar-refractivity contribution in [2.45, 2.75) is 32.0 Å². The van der Waals surface area contributed by atoms with E-state index < -0.39 is 0 Å². The lowest BCUT2D eigenvalue weighted by molar-refractivity contribution is 0.0496. The number of benzene rings is 2. The Hall–Kier alpha value is -3.22. The average Bonchev–Trinajstić information content (AvgIpc) is 3.06. The molecule has 158 valence electrons. The molecule has 0 bridgehead atoms. The summed E-state index contributed by atoms with van der Waals surface area (Å²) in [5.74, 6) is 0.749. The van der Waals surface area contributed by atoms with Crippen LogP contribution in [0.5, 0.6) is 5.75 Å². The van der Waals surface area contributed by atoms with Gasteiger partial charge >= 0.3 is 6.09 Å². The lowest BCUT2D eigenvalue weighted by Gasteiger charge is -2.39. The van der Waals surface area contributed by atoms with Gasteiger partial charge in [0, 0.05) is 30.3 Å². The van der Waals surface area contributed by atoms with Gasteiger partial charge in [-0.05, 0) is 38.0 Å². The van der Waals surface area contributed by atoms with Crippen molar-refractivity contribution in [2.75, 3.05) is 32.1 Å². The first-order chi connectivity index (χ1) is 14.6. The van der Waals surface area contributed by atoms with Crippen LogP contribution in [0.1, 0.15) is 41.9 Å². The molecular formula is C23H27N3O4. The van der Waals surface area contributed by atoms with Crippen molar-refractivity contribution in [3.05, 3.63) is 59.7 Å². The molecule has 7 heteroatoms. The zero-order chi connectivity index (χ0) is 21.1. The van der Waals surface area contributed by atoms with E-state index in [0.717, 1.165) is 22.6 Å². The number of carbonyl (C=O) groups excluding carboxylic acids is 2. The van der Waals surface area contributed by atoms with Gasteiger partial charge in [0.2, 0.25) is 0 Å². The Labute approximate surface area is 176 Å². The molecule has 0 saturated carbocycles. The fraction of sp³-hybridized carbons (Fsp3) is 0.391. The van der Waals surface area contributed by atoms with Crippen molar-refractivity contribution in [3.63, 3.8) is 0 Å². The van der Waals surface area contributed by atoms with E-state index in [1.54, 1.807) is 18.9 Å². The Morgan fingerprint density at radius 2 is 1.80 bits per heavy atom. The molecule has 1 saturated heterocycles. The summed E-state index contributed by atoms with van der Waals surface area (Å²) >= 11 is 0. The molecule has 2 aliphatic rings. The third-order valence-corrected chi connectivity index (χ3v) is 5.78. The van der Waals surface area contributed by atoms with E-state index in [1.807, 2.05) is 53.4 Å². The number of ether oxygens (including phenoxy) is 2. The Bertz CT molecular complexity index is 924. The van der Waals surface area contributed by atoms with Gasteiger partial charge in [-0.2, -0.15) is 0 Å². The molecule has 1 N–H and O–H groups in total. The maximum absolute atomic E-state index is 13.3. The molecule has 0 spiro atoms. The minimum absolute atomic E-state index is 0.0209. The number of likely N-dealkylation sites (tertiary alicyclic amines) is 1. The van der Waals surface area contributed by atoms with Crippen molar-refractivity contribution in [1.82, 2.24) is 9.80 Å². The maximum Gasteiger partial charge on any atom is 0.409 e. The SMILES string of the molecule is CCOC(=O)N1CCC(N2C(=O)c3ccccc3[C@H]2Nc2ccccc2OC)CC1. The molecular weight excluding hydrogens is 382 g/mol. The lowest BCUT2D eigenvalue weighted by atomic mass is 10.0. The van der Waals surface area contributed by atoms with Gasteiger partial charge in [0.05, 0.1) is 19.4 Å². The summed E-state index contributed by atoms with van der Waals surface area (Å²) in [4.78, 5) is 29.0. The van der Waals surface area contributed by atoms with Crippen molar-refractivity contribution in [1.29, 1.82) is 0 Å². The molecule has 1 atom stereocenters. The van der Waals surface area contributed by atoms with Crippen molar-refractivity contribution in [2.24, 2.45) is 0 Å². The molecule has 2 heterocycles. The highest BCUT2D eigenvalue weighted by atomic mass is 16.6. The standard InChI is InChI=1S/C23H27N3O4/c1-3-30-23(28)25-14-12-16(13-15-25)26-21(17-8-4-5-9-18(17)22(26)27)24-19-10-6-7-11-20(19)29-2/h4-11,16,21,24H,3,12-15H2,1-2H3/t21-/m0/s1. The number of rotatable bonds is 5. The number of amides is 2. The largest absolute Gasteiger partial charge is 0.495 e. The van der Waals surface area contributed by atoms with Crippen LogP contribution in [0.15, 0.2) is 48.5 Å². The molecule has 0 aliphatic carbocycles. The number of hydrogen-bond acceptors (Lipinski definition) is 5. The average molecular weight is 409 g/mol. The highest BCUT2D eigenvalue weighted by Gasteiger charge is 2.42. The molecule has 4 rings (SSSR count). The van der Waals surface area contributed by atoms with Crippen LogP contribution in [0.4, 0.5) is 10.5 Å². The molecule has 1 fully saturated rings. The zero-order valence-electron chi connectivity index (χ0n) is 17.3. The van der Waals surface area contributed by atoms with Crippen LogP contribution in [-0.4, -0.2) is 54.6 Å². The Morgan fingerprint density at radius 1 is 1.10 bits per heavy atom. The van der Waals surface area contributed by atoms with Gasteiger partial charge in [0.1, 0.15) is 11.9 Å². The van der Waals surface area contributed by atoms with E-state index in [0.29, 0.717) is 32.5 Å². The number of hydrogen-bond donors (Lipinski definition) is 1. The number of carbonyl (C=O) groups is 2. The molecule has 2 aromatic carbocycles. The van der Waals surface area contributed by atoms with E-state index >= 15 is 0 Å². The van der Waals surface area contributed by atoms with Gasteiger partial charge in [-0.1, -0.05) is 30.3 Å². The van der Waals surface area contributed by atoms with Gasteiger partial charge in [0.15, 0.2) is 0 Å². The minimum Gasteiger partial charge on any atom is -0.495 e. The summed E-state index contributed by atoms with van der Waals surface area (Å²) in [6.45, 7) is 3.32. The van der Waals surface area contributed by atoms with E-state index in [9.17, 15) is 9.59 Å². The van der Waals surface area contributed by atoms with Crippen LogP contribution >= 0.6 is 0 Å². The van der Waals surface area contributed by atoms with Crippen LogP contribution < -0.4 is 10.1 Å². The van der Waals surface area contributed by atoms with E-state index in [2.05, 4.69) is 5.32 Å². The number of para-hydroxylation sites is 2. The Morgan fingerprint density at radius 3 is 2.53 bits per heavy atom. The molecule has 2 aromatic rings. The highest BCUT2D eigenvalue weighted by molar-refractivity contribution is 5.99. The predicted octanol–water partition coefficient (Wildman–Crippen LogP) is 3.88. The summed E-state index contributed by atoms with van der Waals surface area (Å²) in [5.41, 5.74) is 2.52. The van der Waals surface area contributed by atoms with Gasteiger partial charge in [-0.3, -0.25) is 4.79 Å². The van der Waals surface area contributed by atoms with E-state index in [-0.39, 0.29) is 24.2 Å². The zero-order valence-corrected chi connectivity index (χ0v) is 17.3. The molecule has 7 nitrogen and oxygen atoms in total. The highest BCUT2D eigenvalue weighted by Crippen LogP contribution is 2.39. The third-order valence-electron chi connectivity index (χ3n) is 5.78. The first-order valence-electron chi connectivity index (χ1n) is 10.4. The topological polar surface area (TPSA) is 71.1 Å². The van der Waals surface area contributed by atoms with E-state index in [1.165, 1.54) is 0 Å². The number of nitrogens with one attached hydrogen (secondary N) is 1. The molecule has 0 unspecified atom stereocenters. The molecule has 2 aliphatic heterocycles. The molecule has 0 radical (unpaired) electrons. The number of anilines is 1. The molecule has 0 aromatic heterocycles. The Balaban J connectivity index is 1.58. The third kappa shape index (κ3) is 3.67. The first kappa shape index (κ1) is 20.1. The number of fused-ring (bicyclic) bond motifs is 1. The molecule has 30 heavy (non-hydrogen) atoms. The number of methoxy groups -OCH3 is 1. The number of piperidine rings is 1. The van der Waals surface area contributed by atoms with Crippen molar-refractivity contribution < 1.29 is 19.1 Å². The van der Waals surface area contributed by atoms with Crippen LogP contribution in [0.3, 0.4) is 0 Å². The maximum atomic E-state index is 13.3. The van der Waals surface area contributed by atoms with E-state index in [4.69, 9.17) is 9.47 Å². The summed E-state index contributed by atoms with van der Waals surface area (Å²) in [6.07, 6.45) is 0.852. The summed E-state index contributed by atoms with van der Waals surface area (Å²) < 4.78 is 10.6. The van der Waals surface area contributed by atoms with Crippen LogP contribution in [0, 0.1) is 0 Å². The van der Waals surface area contributed by atoms with Crippen molar-refractivity contribution >= 4 is 17.7 Å². The fourth-order valence-electron chi connectivity index (χ4n) is 4.31. The minimum atomic E-state index is -0.288. The summed E-state index contributed by atoms with van der Waals surface area (Å²) in [6, 6.07) is 15.5. The summed E-state index contributed by atoms with van der Waals surface area (Å²) in [7, 11) is 1.64. The first-order valence-corrected chi connectivity index (χ1v) is 10.4. The van der Waals surface area contributed by atoms with Crippen LogP contribution in [-0.2, 0) is 4.74 Å². The number of nitrogens with zero attached hydrogens (tertiary/aromatic N) is 2. The van der Waals surface area contributed by atoms with Gasteiger partial charge in [-0.25, -0.2) is 4.79 Å². The monoisotopic (exact) mass is 409 g/mol. The lowest BCUT2D eigenvalue weighted by Crippen LogP contribution is -2.49. The van der Waals surface area contributed by atoms with Gasteiger partial charge < -0.3 is 24.6 Å². The van der Waals surface area contributed by atoms with Crippen LogP contribution in [0.2, 0.25) is 0 Å².